The highest BCUT2D eigenvalue weighted by molar-refractivity contribution is 7.09. The fourth-order valence-electron chi connectivity index (χ4n) is 2.60. The van der Waals surface area contributed by atoms with E-state index in [2.05, 4.69) is 22.1 Å². The first-order chi connectivity index (χ1) is 11.6. The molecule has 3 heterocycles. The molecule has 0 unspecified atom stereocenters. The number of rotatable bonds is 6. The molecule has 6 nitrogen and oxygen atoms in total. The summed E-state index contributed by atoms with van der Waals surface area (Å²) in [5.74, 6) is 0.908. The molecule has 1 aliphatic heterocycles. The van der Waals surface area contributed by atoms with Gasteiger partial charge in [0.15, 0.2) is 0 Å². The second kappa shape index (κ2) is 7.92. The molecule has 1 atom stereocenters. The van der Waals surface area contributed by atoms with E-state index < -0.39 is 0 Å². The molecule has 24 heavy (non-hydrogen) atoms. The van der Waals surface area contributed by atoms with Crippen molar-refractivity contribution in [2.45, 2.75) is 26.3 Å². The van der Waals surface area contributed by atoms with Gasteiger partial charge in [0.25, 0.3) is 5.91 Å². The first-order valence-electron chi connectivity index (χ1n) is 8.19. The minimum Gasteiger partial charge on any atom is -0.467 e. The average Bonchev–Trinajstić information content (AvgIpc) is 3.22. The van der Waals surface area contributed by atoms with Gasteiger partial charge in [0.2, 0.25) is 0 Å². The second-order valence-corrected chi connectivity index (χ2v) is 7.02. The Morgan fingerprint density at radius 2 is 2.25 bits per heavy atom. The van der Waals surface area contributed by atoms with Gasteiger partial charge in [0, 0.05) is 36.6 Å². The van der Waals surface area contributed by atoms with E-state index in [1.54, 1.807) is 11.3 Å². The highest BCUT2D eigenvalue weighted by Crippen LogP contribution is 2.19. The number of morpholine rings is 1. The van der Waals surface area contributed by atoms with E-state index in [9.17, 15) is 4.79 Å². The molecule has 0 spiro atoms. The van der Waals surface area contributed by atoms with Crippen molar-refractivity contribution in [1.82, 2.24) is 15.2 Å². The van der Waals surface area contributed by atoms with Crippen molar-refractivity contribution in [3.8, 4) is 0 Å². The lowest BCUT2D eigenvalue weighted by molar-refractivity contribution is 0.0313. The van der Waals surface area contributed by atoms with Gasteiger partial charge in [0.1, 0.15) is 12.0 Å². The first kappa shape index (κ1) is 17.1. The van der Waals surface area contributed by atoms with Crippen LogP contribution in [0.5, 0.6) is 0 Å². The summed E-state index contributed by atoms with van der Waals surface area (Å²) in [5.41, 5.74) is 1.59. The van der Waals surface area contributed by atoms with Gasteiger partial charge in [-0.1, -0.05) is 6.92 Å². The molecule has 3 rings (SSSR count). The molecule has 0 aliphatic carbocycles. The van der Waals surface area contributed by atoms with E-state index in [0.717, 1.165) is 42.8 Å². The van der Waals surface area contributed by atoms with Crippen LogP contribution < -0.4 is 5.32 Å². The van der Waals surface area contributed by atoms with E-state index in [4.69, 9.17) is 9.15 Å². The Kier molecular flexibility index (Phi) is 5.65. The van der Waals surface area contributed by atoms with Crippen molar-refractivity contribution in [1.29, 1.82) is 0 Å². The minimum absolute atomic E-state index is 0.105. The zero-order valence-corrected chi connectivity index (χ0v) is 14.9. The monoisotopic (exact) mass is 349 g/mol. The molecule has 0 aromatic carbocycles. The van der Waals surface area contributed by atoms with Crippen molar-refractivity contribution in [2.75, 3.05) is 32.8 Å². The molecular formula is C17H23N3O3S. The predicted octanol–water partition coefficient (Wildman–Crippen LogP) is 2.41. The van der Waals surface area contributed by atoms with E-state index in [1.807, 2.05) is 18.4 Å². The topological polar surface area (TPSA) is 67.6 Å². The molecule has 2 aromatic rings. The summed E-state index contributed by atoms with van der Waals surface area (Å²) in [5, 5.41) is 6.04. The van der Waals surface area contributed by atoms with Crippen LogP contribution in [0.25, 0.3) is 0 Å². The molecule has 7 heteroatoms. The molecule has 1 N–H and O–H groups in total. The highest BCUT2D eigenvalue weighted by atomic mass is 32.1. The van der Waals surface area contributed by atoms with Gasteiger partial charge in [-0.15, -0.1) is 11.3 Å². The van der Waals surface area contributed by atoms with E-state index in [-0.39, 0.29) is 11.8 Å². The van der Waals surface area contributed by atoms with Crippen molar-refractivity contribution < 1.29 is 13.9 Å². The summed E-state index contributed by atoms with van der Waals surface area (Å²) in [6, 6.07) is 1.82. The molecule has 0 radical (unpaired) electrons. The largest absolute Gasteiger partial charge is 0.467 e. The molecule has 1 amide bonds. The highest BCUT2D eigenvalue weighted by Gasteiger charge is 2.16. The SMILES string of the molecule is Cc1csc([C@@H](C)CNC(=O)c2coc(CN3CCOCC3)c2)n1. The molecule has 130 valence electrons. The van der Waals surface area contributed by atoms with Crippen LogP contribution in [0.2, 0.25) is 0 Å². The van der Waals surface area contributed by atoms with E-state index in [1.165, 1.54) is 6.26 Å². The summed E-state index contributed by atoms with van der Waals surface area (Å²) in [6.45, 7) is 8.62. The average molecular weight is 349 g/mol. The van der Waals surface area contributed by atoms with Crippen molar-refractivity contribution in [3.63, 3.8) is 0 Å². The number of hydrogen-bond acceptors (Lipinski definition) is 6. The zero-order valence-electron chi connectivity index (χ0n) is 14.1. The van der Waals surface area contributed by atoms with Crippen LogP contribution in [0.4, 0.5) is 0 Å². The van der Waals surface area contributed by atoms with Gasteiger partial charge in [-0.05, 0) is 13.0 Å². The van der Waals surface area contributed by atoms with Crippen LogP contribution in [-0.4, -0.2) is 48.6 Å². The maximum absolute atomic E-state index is 12.3. The van der Waals surface area contributed by atoms with E-state index >= 15 is 0 Å². The number of amides is 1. The quantitative estimate of drug-likeness (QED) is 0.867. The summed E-state index contributed by atoms with van der Waals surface area (Å²) in [7, 11) is 0. The fourth-order valence-corrected chi connectivity index (χ4v) is 3.45. The summed E-state index contributed by atoms with van der Waals surface area (Å²) in [6.07, 6.45) is 1.53. The van der Waals surface area contributed by atoms with Crippen LogP contribution in [0.3, 0.4) is 0 Å². The number of aryl methyl sites for hydroxylation is 1. The Morgan fingerprint density at radius 1 is 1.46 bits per heavy atom. The number of furan rings is 1. The normalized spacial score (nSPS) is 16.9. The van der Waals surface area contributed by atoms with Crippen LogP contribution in [0, 0.1) is 6.92 Å². The molecule has 1 aliphatic rings. The van der Waals surface area contributed by atoms with Crippen LogP contribution in [0.1, 0.15) is 39.7 Å². The van der Waals surface area contributed by atoms with E-state index in [0.29, 0.717) is 18.7 Å². The predicted molar refractivity (Wildman–Crippen MR) is 92.4 cm³/mol. The number of carbonyl (C=O) groups excluding carboxylic acids is 1. The van der Waals surface area contributed by atoms with Crippen molar-refractivity contribution >= 4 is 17.2 Å². The van der Waals surface area contributed by atoms with Gasteiger partial charge in [-0.3, -0.25) is 9.69 Å². The summed E-state index contributed by atoms with van der Waals surface area (Å²) < 4.78 is 10.9. The minimum atomic E-state index is -0.105. The van der Waals surface area contributed by atoms with Crippen LogP contribution in [0.15, 0.2) is 22.1 Å². The van der Waals surface area contributed by atoms with Gasteiger partial charge in [-0.25, -0.2) is 4.98 Å². The number of aromatic nitrogens is 1. The van der Waals surface area contributed by atoms with Crippen molar-refractivity contribution in [3.05, 3.63) is 39.7 Å². The van der Waals surface area contributed by atoms with Gasteiger partial charge in [0.05, 0.1) is 30.3 Å². The number of ether oxygens (including phenoxy) is 1. The molecule has 0 saturated carbocycles. The third kappa shape index (κ3) is 4.43. The molecule has 1 saturated heterocycles. The fraction of sp³-hybridized carbons (Fsp3) is 0.529. The number of hydrogen-bond donors (Lipinski definition) is 1. The Bertz CT molecular complexity index is 676. The number of thiazole rings is 1. The zero-order chi connectivity index (χ0) is 16.9. The molecular weight excluding hydrogens is 326 g/mol. The Morgan fingerprint density at radius 3 is 2.96 bits per heavy atom. The Balaban J connectivity index is 1.50. The maximum Gasteiger partial charge on any atom is 0.254 e. The van der Waals surface area contributed by atoms with Crippen LogP contribution >= 0.6 is 11.3 Å². The standard InChI is InChI=1S/C17H23N3O3S/c1-12(17-19-13(2)11-24-17)8-18-16(21)14-7-15(23-10-14)9-20-3-5-22-6-4-20/h7,10-12H,3-6,8-9H2,1-2H3,(H,18,21)/t12-/m0/s1. The lowest BCUT2D eigenvalue weighted by Gasteiger charge is -2.25. The lowest BCUT2D eigenvalue weighted by atomic mass is 10.2. The lowest BCUT2D eigenvalue weighted by Crippen LogP contribution is -2.35. The first-order valence-corrected chi connectivity index (χ1v) is 9.07. The third-order valence-electron chi connectivity index (χ3n) is 4.03. The Hall–Kier alpha value is -1.70. The number of nitrogens with zero attached hydrogens (tertiary/aromatic N) is 2. The van der Waals surface area contributed by atoms with Crippen LogP contribution in [-0.2, 0) is 11.3 Å². The third-order valence-corrected chi connectivity index (χ3v) is 5.22. The van der Waals surface area contributed by atoms with Gasteiger partial charge in [-0.2, -0.15) is 0 Å². The summed E-state index contributed by atoms with van der Waals surface area (Å²) >= 11 is 1.63. The molecule has 2 aromatic heterocycles. The molecule has 1 fully saturated rings. The second-order valence-electron chi connectivity index (χ2n) is 6.13. The van der Waals surface area contributed by atoms with Crippen molar-refractivity contribution in [2.24, 2.45) is 0 Å². The Labute approximate surface area is 145 Å². The smallest absolute Gasteiger partial charge is 0.254 e. The maximum atomic E-state index is 12.3. The number of nitrogens with one attached hydrogen (secondary N) is 1. The van der Waals surface area contributed by atoms with Gasteiger partial charge >= 0.3 is 0 Å². The summed E-state index contributed by atoms with van der Waals surface area (Å²) in [4.78, 5) is 19.0. The molecule has 0 bridgehead atoms. The van der Waals surface area contributed by atoms with Gasteiger partial charge < -0.3 is 14.5 Å². The number of carbonyl (C=O) groups is 1.